The van der Waals surface area contributed by atoms with Gasteiger partial charge in [0.25, 0.3) is 5.56 Å². The number of nitrogens with zero attached hydrogens (tertiary/aromatic N) is 4. The predicted octanol–water partition coefficient (Wildman–Crippen LogP) is 3.01. The van der Waals surface area contributed by atoms with Crippen molar-refractivity contribution in [3.8, 4) is 0 Å². The highest BCUT2D eigenvalue weighted by atomic mass is 28.4. The molecule has 1 aliphatic rings. The maximum Gasteiger partial charge on any atom is 0.330 e. The van der Waals surface area contributed by atoms with E-state index in [9.17, 15) is 14.4 Å². The minimum atomic E-state index is -2.38. The Labute approximate surface area is 187 Å². The van der Waals surface area contributed by atoms with E-state index in [0.717, 1.165) is 0 Å². The van der Waals surface area contributed by atoms with Crippen molar-refractivity contribution in [1.82, 2.24) is 9.55 Å². The molecule has 1 aromatic heterocycles. The van der Waals surface area contributed by atoms with Crippen LogP contribution in [0.3, 0.4) is 0 Å². The molecule has 0 amide bonds. The Hall–Kier alpha value is -2.40. The summed E-state index contributed by atoms with van der Waals surface area (Å²) in [6.07, 6.45) is -0.876. The van der Waals surface area contributed by atoms with Gasteiger partial charge in [-0.05, 0) is 37.5 Å². The fraction of sp³-hybridized carbons (Fsp3) is 0.750. The Morgan fingerprint density at radius 1 is 1.38 bits per heavy atom. The van der Waals surface area contributed by atoms with Crippen LogP contribution in [-0.4, -0.2) is 49.2 Å². The molecule has 0 aliphatic carbocycles. The molecule has 0 radical (unpaired) electrons. The van der Waals surface area contributed by atoms with Crippen LogP contribution < -0.4 is 11.2 Å². The average Bonchev–Trinajstić information content (AvgIpc) is 2.99. The van der Waals surface area contributed by atoms with E-state index in [2.05, 4.69) is 48.9 Å². The summed E-state index contributed by atoms with van der Waals surface area (Å²) >= 11 is 0. The fourth-order valence-corrected chi connectivity index (χ4v) is 4.72. The van der Waals surface area contributed by atoms with Crippen LogP contribution in [0.5, 0.6) is 0 Å². The summed E-state index contributed by atoms with van der Waals surface area (Å²) in [5.74, 6) is -0.945. The molecule has 0 bridgehead atoms. The maximum atomic E-state index is 12.6. The molecule has 4 atom stereocenters. The number of nitrogens with one attached hydrogen (secondary N) is 1. The molecule has 32 heavy (non-hydrogen) atoms. The molecule has 2 rings (SSSR count). The monoisotopic (exact) mass is 467 g/mol. The zero-order valence-electron chi connectivity index (χ0n) is 19.7. The average molecular weight is 468 g/mol. The Morgan fingerprint density at radius 3 is 2.59 bits per heavy atom. The lowest BCUT2D eigenvalue weighted by Gasteiger charge is -2.40. The molecular weight excluding hydrogens is 434 g/mol. The van der Waals surface area contributed by atoms with E-state index in [1.807, 2.05) is 0 Å². The van der Waals surface area contributed by atoms with Crippen LogP contribution >= 0.6 is 0 Å². The van der Waals surface area contributed by atoms with Crippen molar-refractivity contribution >= 4 is 14.3 Å². The molecule has 178 valence electrons. The SMILES string of the molecule is CCOC(=O)C[C@H]1[C@@H](O[Si](C)(C)C(C)(C)C)[C@H](n2cc(C)c(=O)[nH]c2=O)O[C@@H]1CN=[N+]=[N-]. The number of ether oxygens (including phenoxy) is 2. The van der Waals surface area contributed by atoms with E-state index in [-0.39, 0.29) is 24.6 Å². The minimum Gasteiger partial charge on any atom is -0.466 e. The van der Waals surface area contributed by atoms with E-state index >= 15 is 0 Å². The number of aromatic nitrogens is 2. The van der Waals surface area contributed by atoms with Crippen LogP contribution in [0.25, 0.3) is 10.4 Å². The van der Waals surface area contributed by atoms with Crippen molar-refractivity contribution in [2.75, 3.05) is 13.2 Å². The lowest BCUT2D eigenvalue weighted by Crippen LogP contribution is -2.48. The highest BCUT2D eigenvalue weighted by Crippen LogP contribution is 2.44. The molecule has 2 heterocycles. The summed E-state index contributed by atoms with van der Waals surface area (Å²) in [6, 6.07) is 0. The van der Waals surface area contributed by atoms with Crippen molar-refractivity contribution in [1.29, 1.82) is 0 Å². The molecule has 12 heteroatoms. The summed E-state index contributed by atoms with van der Waals surface area (Å²) in [6.45, 7) is 13.9. The van der Waals surface area contributed by atoms with Crippen LogP contribution in [0.15, 0.2) is 20.9 Å². The smallest absolute Gasteiger partial charge is 0.330 e. The summed E-state index contributed by atoms with van der Waals surface area (Å²) in [5, 5.41) is 3.48. The lowest BCUT2D eigenvalue weighted by molar-refractivity contribution is -0.145. The molecule has 1 saturated heterocycles. The van der Waals surface area contributed by atoms with Crippen molar-refractivity contribution in [2.24, 2.45) is 11.0 Å². The Kier molecular flexibility index (Phi) is 8.10. The van der Waals surface area contributed by atoms with Crippen LogP contribution in [0, 0.1) is 12.8 Å². The van der Waals surface area contributed by atoms with Gasteiger partial charge in [-0.3, -0.25) is 19.1 Å². The number of aromatic amines is 1. The zero-order chi connectivity index (χ0) is 24.3. The first-order valence-corrected chi connectivity index (χ1v) is 13.5. The third-order valence-electron chi connectivity index (χ3n) is 6.18. The normalized spacial score (nSPS) is 23.6. The molecule has 1 aromatic rings. The lowest BCUT2D eigenvalue weighted by atomic mass is 9.94. The van der Waals surface area contributed by atoms with E-state index < -0.39 is 49.9 Å². The number of carbonyl (C=O) groups is 1. The number of rotatable bonds is 8. The quantitative estimate of drug-likeness (QED) is 0.204. The maximum absolute atomic E-state index is 12.6. The molecule has 0 spiro atoms. The molecule has 1 N–H and O–H groups in total. The Balaban J connectivity index is 2.59. The summed E-state index contributed by atoms with van der Waals surface area (Å²) in [4.78, 5) is 42.0. The van der Waals surface area contributed by atoms with Crippen LogP contribution in [0.4, 0.5) is 0 Å². The van der Waals surface area contributed by atoms with Gasteiger partial charge in [0.1, 0.15) is 0 Å². The number of carbonyl (C=O) groups excluding carboxylic acids is 1. The van der Waals surface area contributed by atoms with E-state index in [1.54, 1.807) is 13.8 Å². The van der Waals surface area contributed by atoms with Crippen molar-refractivity contribution < 1.29 is 18.7 Å². The first kappa shape index (κ1) is 25.9. The molecule has 11 nitrogen and oxygen atoms in total. The Bertz CT molecular complexity index is 991. The van der Waals surface area contributed by atoms with Crippen molar-refractivity contribution in [3.05, 3.63) is 43.0 Å². The molecule has 0 aromatic carbocycles. The molecule has 1 aliphatic heterocycles. The summed E-state index contributed by atoms with van der Waals surface area (Å²) < 4.78 is 19.3. The van der Waals surface area contributed by atoms with Gasteiger partial charge in [0.15, 0.2) is 14.5 Å². The van der Waals surface area contributed by atoms with Gasteiger partial charge >= 0.3 is 11.7 Å². The first-order chi connectivity index (χ1) is 14.8. The molecule has 1 fully saturated rings. The summed E-state index contributed by atoms with van der Waals surface area (Å²) in [5.41, 5.74) is 8.03. The van der Waals surface area contributed by atoms with Crippen LogP contribution in [0.2, 0.25) is 18.1 Å². The van der Waals surface area contributed by atoms with Gasteiger partial charge in [0.05, 0.1) is 31.8 Å². The van der Waals surface area contributed by atoms with Gasteiger partial charge in [-0.15, -0.1) is 0 Å². The second-order valence-electron chi connectivity index (χ2n) is 9.47. The number of azide groups is 1. The molecule has 0 unspecified atom stereocenters. The largest absolute Gasteiger partial charge is 0.466 e. The van der Waals surface area contributed by atoms with Gasteiger partial charge in [-0.25, -0.2) is 4.79 Å². The van der Waals surface area contributed by atoms with Crippen LogP contribution in [0.1, 0.15) is 45.9 Å². The van der Waals surface area contributed by atoms with Crippen LogP contribution in [-0.2, 0) is 18.7 Å². The zero-order valence-corrected chi connectivity index (χ0v) is 20.7. The molecule has 0 saturated carbocycles. The van der Waals surface area contributed by atoms with E-state index in [0.29, 0.717) is 5.56 Å². The third kappa shape index (κ3) is 5.69. The number of hydrogen-bond acceptors (Lipinski definition) is 7. The topological polar surface area (TPSA) is 148 Å². The van der Waals surface area contributed by atoms with E-state index in [4.69, 9.17) is 19.4 Å². The van der Waals surface area contributed by atoms with Crippen molar-refractivity contribution in [3.63, 3.8) is 0 Å². The third-order valence-corrected chi connectivity index (χ3v) is 10.7. The van der Waals surface area contributed by atoms with Crippen molar-refractivity contribution in [2.45, 2.75) is 77.6 Å². The summed E-state index contributed by atoms with van der Waals surface area (Å²) in [7, 11) is -2.38. The van der Waals surface area contributed by atoms with Gasteiger partial charge < -0.3 is 13.9 Å². The highest BCUT2D eigenvalue weighted by Gasteiger charge is 2.51. The fourth-order valence-electron chi connectivity index (χ4n) is 3.40. The minimum absolute atomic E-state index is 0.0215. The highest BCUT2D eigenvalue weighted by molar-refractivity contribution is 6.74. The number of hydrogen-bond donors (Lipinski definition) is 1. The molecular formula is C20H33N5O6Si. The number of H-pyrrole nitrogens is 1. The number of esters is 1. The second-order valence-corrected chi connectivity index (χ2v) is 14.2. The number of aryl methyl sites for hydroxylation is 1. The van der Waals surface area contributed by atoms with Gasteiger partial charge in [0, 0.05) is 22.6 Å². The first-order valence-electron chi connectivity index (χ1n) is 10.6. The Morgan fingerprint density at radius 2 is 2.03 bits per heavy atom. The standard InChI is InChI=1S/C20H33N5O6Si/c1-8-29-15(26)9-13-14(10-22-24-21)30-18(16(13)31-32(6,7)20(3,4)5)25-11-12(2)17(27)23-19(25)28/h11,13-14,16,18H,8-10H2,1-7H3,(H,23,27,28)/t13-,14-,16-,18-/m1/s1. The second kappa shape index (κ2) is 10.0. The van der Waals surface area contributed by atoms with E-state index in [1.165, 1.54) is 10.8 Å². The van der Waals surface area contributed by atoms with Gasteiger partial charge in [-0.2, -0.15) is 0 Å². The predicted molar refractivity (Wildman–Crippen MR) is 121 cm³/mol. The van der Waals surface area contributed by atoms with Gasteiger partial charge in [0.2, 0.25) is 0 Å². The van der Waals surface area contributed by atoms with Gasteiger partial charge in [-0.1, -0.05) is 25.9 Å².